The van der Waals surface area contributed by atoms with Gasteiger partial charge < -0.3 is 0 Å². The molecule has 8 heteroatoms. The lowest BCUT2D eigenvalue weighted by Gasteiger charge is -1.96. The molecule has 0 N–H and O–H groups in total. The van der Waals surface area contributed by atoms with Gasteiger partial charge in [-0.1, -0.05) is 12.1 Å². The molecule has 0 aliphatic carbocycles. The van der Waals surface area contributed by atoms with Gasteiger partial charge in [0.2, 0.25) is 0 Å². The van der Waals surface area contributed by atoms with Gasteiger partial charge in [0.25, 0.3) is 0 Å². The Hall–Kier alpha value is -2.32. The Morgan fingerprint density at radius 3 is 1.55 bits per heavy atom. The van der Waals surface area contributed by atoms with Crippen LogP contribution in [-0.4, -0.2) is 9.85 Å². The monoisotopic (exact) mass is 308 g/mol. The predicted molar refractivity (Wildman–Crippen MR) is 78.6 cm³/mol. The summed E-state index contributed by atoms with van der Waals surface area (Å²) in [5.41, 5.74) is -1.04. The van der Waals surface area contributed by atoms with E-state index in [4.69, 9.17) is 0 Å². The third-order valence-corrected chi connectivity index (χ3v) is 3.94. The molecule has 20 heavy (non-hydrogen) atoms. The van der Waals surface area contributed by atoms with Crippen molar-refractivity contribution in [3.05, 3.63) is 76.4 Å². The van der Waals surface area contributed by atoms with Crippen molar-refractivity contribution in [1.82, 2.24) is 0 Å². The minimum absolute atomic E-state index is 0.522. The topological polar surface area (TPSA) is 86.3 Å². The normalized spacial score (nSPS) is 12.4. The molecule has 2 aromatic heterocycles. The van der Waals surface area contributed by atoms with E-state index in [-0.39, 0.29) is 0 Å². The molecule has 2 aromatic rings. The lowest BCUT2D eigenvalue weighted by atomic mass is 10.2. The van der Waals surface area contributed by atoms with Crippen LogP contribution in [0.3, 0.4) is 0 Å². The highest BCUT2D eigenvalue weighted by Gasteiger charge is 2.29. The van der Waals surface area contributed by atoms with E-state index in [1.165, 1.54) is 34.8 Å². The van der Waals surface area contributed by atoms with Crippen molar-refractivity contribution in [2.75, 3.05) is 0 Å². The molecule has 0 spiro atoms. The van der Waals surface area contributed by atoms with Gasteiger partial charge in [0.05, 0.1) is 9.85 Å². The Morgan fingerprint density at radius 2 is 1.30 bits per heavy atom. The summed E-state index contributed by atoms with van der Waals surface area (Å²) in [7, 11) is 0. The average molecular weight is 308 g/mol. The molecule has 0 aliphatic heterocycles. The van der Waals surface area contributed by atoms with Gasteiger partial charge in [0.15, 0.2) is 0 Å². The van der Waals surface area contributed by atoms with E-state index >= 15 is 0 Å². The molecule has 2 rings (SSSR count). The van der Waals surface area contributed by atoms with Crippen LogP contribution in [0.1, 0.15) is 9.75 Å². The van der Waals surface area contributed by atoms with E-state index in [2.05, 4.69) is 0 Å². The highest BCUT2D eigenvalue weighted by Crippen LogP contribution is 2.23. The Labute approximate surface area is 121 Å². The van der Waals surface area contributed by atoms with Crippen LogP contribution in [-0.2, 0) is 0 Å². The lowest BCUT2D eigenvalue weighted by Crippen LogP contribution is -2.09. The van der Waals surface area contributed by atoms with Crippen LogP contribution >= 0.6 is 22.7 Å². The van der Waals surface area contributed by atoms with Crippen LogP contribution in [0.2, 0.25) is 0 Å². The molecule has 0 amide bonds. The molecular weight excluding hydrogens is 300 g/mol. The Kier molecular flexibility index (Phi) is 4.38. The van der Waals surface area contributed by atoms with Gasteiger partial charge in [-0.2, -0.15) is 0 Å². The zero-order chi connectivity index (χ0) is 14.5. The summed E-state index contributed by atoms with van der Waals surface area (Å²) in [6.07, 6.45) is 2.43. The van der Waals surface area contributed by atoms with Gasteiger partial charge in [-0.15, -0.1) is 22.7 Å². The van der Waals surface area contributed by atoms with Crippen molar-refractivity contribution < 1.29 is 9.85 Å². The molecule has 6 nitrogen and oxygen atoms in total. The van der Waals surface area contributed by atoms with Crippen LogP contribution in [0.25, 0.3) is 12.2 Å². The molecule has 102 valence electrons. The van der Waals surface area contributed by atoms with Crippen molar-refractivity contribution >= 4 is 34.8 Å². The fraction of sp³-hybridized carbons (Fsp3) is 0. The standard InChI is InChI=1S/C12H8N2O4S2/c15-13(16)11(7-9-3-1-5-19-9)12(14(17)18)8-10-4-2-6-20-10/h1-8H/b11-7+,12-8+. The van der Waals surface area contributed by atoms with Crippen molar-refractivity contribution in [2.24, 2.45) is 0 Å². The van der Waals surface area contributed by atoms with Gasteiger partial charge in [0.1, 0.15) is 0 Å². The summed E-state index contributed by atoms with van der Waals surface area (Å²) in [6.45, 7) is 0. The first-order chi connectivity index (χ1) is 9.58. The smallest absolute Gasteiger partial charge is 0.258 e. The molecular formula is C12H8N2O4S2. The fourth-order valence-corrected chi connectivity index (χ4v) is 2.76. The molecule has 2 heterocycles. The van der Waals surface area contributed by atoms with E-state index in [1.54, 1.807) is 35.0 Å². The van der Waals surface area contributed by atoms with Gasteiger partial charge >= 0.3 is 11.4 Å². The minimum atomic E-state index is -0.734. The molecule has 0 radical (unpaired) electrons. The summed E-state index contributed by atoms with van der Waals surface area (Å²) in [5, 5.41) is 25.7. The van der Waals surface area contributed by atoms with E-state index in [1.807, 2.05) is 0 Å². The second-order valence-corrected chi connectivity index (χ2v) is 5.56. The maximum atomic E-state index is 11.1. The summed E-state index contributed by atoms with van der Waals surface area (Å²) in [6, 6.07) is 6.78. The first-order valence-corrected chi connectivity index (χ1v) is 7.13. The number of rotatable bonds is 5. The maximum Gasteiger partial charge on any atom is 0.347 e. The van der Waals surface area contributed by atoms with E-state index < -0.39 is 21.2 Å². The van der Waals surface area contributed by atoms with Crippen molar-refractivity contribution in [2.45, 2.75) is 0 Å². The van der Waals surface area contributed by atoms with Crippen molar-refractivity contribution in [3.63, 3.8) is 0 Å². The largest absolute Gasteiger partial charge is 0.347 e. The fourth-order valence-electron chi connectivity index (χ4n) is 1.46. The molecule has 0 aliphatic rings. The number of thiophene rings is 2. The van der Waals surface area contributed by atoms with Crippen LogP contribution in [0.15, 0.2) is 46.4 Å². The first kappa shape index (κ1) is 14.1. The van der Waals surface area contributed by atoms with Crippen LogP contribution < -0.4 is 0 Å². The molecule has 0 fully saturated rings. The zero-order valence-corrected chi connectivity index (χ0v) is 11.6. The number of hydrogen-bond donors (Lipinski definition) is 0. The first-order valence-electron chi connectivity index (χ1n) is 5.37. The van der Waals surface area contributed by atoms with Crippen LogP contribution in [0, 0.1) is 20.2 Å². The molecule has 0 unspecified atom stereocenters. The Morgan fingerprint density at radius 1 is 0.900 bits per heavy atom. The lowest BCUT2D eigenvalue weighted by molar-refractivity contribution is -0.477. The van der Waals surface area contributed by atoms with Crippen LogP contribution in [0.4, 0.5) is 0 Å². The van der Waals surface area contributed by atoms with E-state index in [9.17, 15) is 20.2 Å². The average Bonchev–Trinajstić information content (AvgIpc) is 3.06. The number of nitrogens with zero attached hydrogens (tertiary/aromatic N) is 2. The van der Waals surface area contributed by atoms with E-state index in [0.717, 1.165) is 0 Å². The summed E-state index contributed by atoms with van der Waals surface area (Å²) in [4.78, 5) is 21.9. The van der Waals surface area contributed by atoms with Crippen LogP contribution in [0.5, 0.6) is 0 Å². The van der Waals surface area contributed by atoms with E-state index in [0.29, 0.717) is 9.75 Å². The number of hydrogen-bond acceptors (Lipinski definition) is 6. The molecule has 0 atom stereocenters. The van der Waals surface area contributed by atoms with Gasteiger partial charge in [-0.25, -0.2) is 0 Å². The van der Waals surface area contributed by atoms with Gasteiger partial charge in [0, 0.05) is 21.9 Å². The predicted octanol–water partition coefficient (Wildman–Crippen LogP) is 3.75. The second-order valence-electron chi connectivity index (χ2n) is 3.60. The molecule has 0 aromatic carbocycles. The summed E-state index contributed by atoms with van der Waals surface area (Å²) in [5.74, 6) is 0. The number of nitro groups is 2. The summed E-state index contributed by atoms with van der Waals surface area (Å²) < 4.78 is 0. The van der Waals surface area contributed by atoms with Gasteiger partial charge in [-0.05, 0) is 22.9 Å². The Bertz CT molecular complexity index is 612. The van der Waals surface area contributed by atoms with Crippen molar-refractivity contribution in [3.8, 4) is 0 Å². The van der Waals surface area contributed by atoms with Crippen molar-refractivity contribution in [1.29, 1.82) is 0 Å². The zero-order valence-electron chi connectivity index (χ0n) is 9.96. The molecule has 0 bridgehead atoms. The quantitative estimate of drug-likeness (QED) is 0.478. The molecule has 0 saturated carbocycles. The molecule has 0 saturated heterocycles. The third-order valence-electron chi connectivity index (χ3n) is 2.30. The third kappa shape index (κ3) is 3.37. The van der Waals surface area contributed by atoms with Gasteiger partial charge in [-0.3, -0.25) is 20.2 Å². The summed E-state index contributed by atoms with van der Waals surface area (Å²) >= 11 is 2.56. The highest BCUT2D eigenvalue weighted by molar-refractivity contribution is 7.11. The second kappa shape index (κ2) is 6.22. The minimum Gasteiger partial charge on any atom is -0.258 e. The highest BCUT2D eigenvalue weighted by atomic mass is 32.1. The SMILES string of the molecule is O=[N+]([O-])C(=C/c1cccs1)/C(=C\c1cccs1)[N+](=O)[O-]. The maximum absolute atomic E-state index is 11.1. The Balaban J connectivity index is 2.49.